The lowest BCUT2D eigenvalue weighted by molar-refractivity contribution is -0.123. The Morgan fingerprint density at radius 2 is 1.96 bits per heavy atom. The van der Waals surface area contributed by atoms with Crippen LogP contribution in [0.4, 0.5) is 0 Å². The molecule has 9 heteroatoms. The van der Waals surface area contributed by atoms with Crippen molar-refractivity contribution in [2.75, 3.05) is 14.2 Å². The van der Waals surface area contributed by atoms with Gasteiger partial charge in [0, 0.05) is 5.56 Å². The summed E-state index contributed by atoms with van der Waals surface area (Å²) in [6.45, 7) is 0. The van der Waals surface area contributed by atoms with E-state index in [2.05, 4.69) is 5.43 Å². The number of para-hydroxylation sites is 1. The van der Waals surface area contributed by atoms with Crippen LogP contribution in [0.25, 0.3) is 6.08 Å². The van der Waals surface area contributed by atoms with Crippen molar-refractivity contribution in [1.82, 2.24) is 10.4 Å². The second kappa shape index (κ2) is 8.32. The lowest BCUT2D eigenvalue weighted by Gasteiger charge is -2.16. The molecule has 28 heavy (non-hydrogen) atoms. The summed E-state index contributed by atoms with van der Waals surface area (Å²) < 4.78 is 10.7. The molecule has 2 amide bonds. The van der Waals surface area contributed by atoms with Gasteiger partial charge in [-0.1, -0.05) is 23.9 Å². The van der Waals surface area contributed by atoms with Gasteiger partial charge in [-0.25, -0.2) is 0 Å². The fourth-order valence-corrected chi connectivity index (χ4v) is 3.66. The number of carbonyl (C=O) groups is 2. The van der Waals surface area contributed by atoms with Crippen molar-refractivity contribution in [2.45, 2.75) is 0 Å². The number of thiocarbonyl (C=S) groups is 1. The number of rotatable bonds is 5. The number of amides is 2. The first-order valence-electron chi connectivity index (χ1n) is 8.03. The van der Waals surface area contributed by atoms with E-state index in [-0.39, 0.29) is 15.6 Å². The standard InChI is InChI=1S/C19H16N2O5S2/c1-25-12-7-8-15(26-2)11(9-12)10-16-18(24)21(19(27)28-16)20-17(23)13-5-3-4-6-14(13)22/h3-10,22H,1-2H3,(H,20,23). The Kier molecular flexibility index (Phi) is 5.86. The van der Waals surface area contributed by atoms with Crippen LogP contribution in [-0.2, 0) is 4.79 Å². The molecule has 0 radical (unpaired) electrons. The van der Waals surface area contributed by atoms with Gasteiger partial charge in [-0.2, -0.15) is 5.01 Å². The summed E-state index contributed by atoms with van der Waals surface area (Å²) in [5.74, 6) is -0.153. The highest BCUT2D eigenvalue weighted by Crippen LogP contribution is 2.34. The van der Waals surface area contributed by atoms with E-state index in [1.165, 1.54) is 19.2 Å². The van der Waals surface area contributed by atoms with Gasteiger partial charge >= 0.3 is 0 Å². The lowest BCUT2D eigenvalue weighted by atomic mass is 10.1. The second-order valence-electron chi connectivity index (χ2n) is 5.58. The van der Waals surface area contributed by atoms with Crippen LogP contribution in [0.5, 0.6) is 17.2 Å². The van der Waals surface area contributed by atoms with Crippen molar-refractivity contribution in [2.24, 2.45) is 0 Å². The van der Waals surface area contributed by atoms with Gasteiger partial charge in [0.15, 0.2) is 4.32 Å². The van der Waals surface area contributed by atoms with Gasteiger partial charge in [-0.05, 0) is 48.6 Å². The highest BCUT2D eigenvalue weighted by atomic mass is 32.2. The zero-order valence-electron chi connectivity index (χ0n) is 15.0. The zero-order valence-corrected chi connectivity index (χ0v) is 16.6. The SMILES string of the molecule is COc1ccc(OC)c(C=C2SC(=S)N(NC(=O)c3ccccc3O)C2=O)c1. The number of phenols is 1. The number of hydrogen-bond acceptors (Lipinski definition) is 7. The van der Waals surface area contributed by atoms with Gasteiger partial charge in [0.25, 0.3) is 11.8 Å². The Bertz CT molecular complexity index is 990. The van der Waals surface area contributed by atoms with Gasteiger partial charge in [0.2, 0.25) is 0 Å². The molecule has 1 aliphatic heterocycles. The number of hydrogen-bond donors (Lipinski definition) is 2. The monoisotopic (exact) mass is 416 g/mol. The zero-order chi connectivity index (χ0) is 20.3. The molecule has 1 saturated heterocycles. The van der Waals surface area contributed by atoms with Crippen LogP contribution < -0.4 is 14.9 Å². The summed E-state index contributed by atoms with van der Waals surface area (Å²) in [6, 6.07) is 11.2. The van der Waals surface area contributed by atoms with Crippen molar-refractivity contribution < 1.29 is 24.2 Å². The highest BCUT2D eigenvalue weighted by molar-refractivity contribution is 8.26. The van der Waals surface area contributed by atoms with E-state index in [0.717, 1.165) is 16.8 Å². The first kappa shape index (κ1) is 19.7. The Morgan fingerprint density at radius 3 is 2.64 bits per heavy atom. The lowest BCUT2D eigenvalue weighted by Crippen LogP contribution is -2.44. The van der Waals surface area contributed by atoms with E-state index in [1.807, 2.05) is 0 Å². The summed E-state index contributed by atoms with van der Waals surface area (Å²) in [5.41, 5.74) is 3.10. The Labute approximate surface area is 170 Å². The number of hydrazine groups is 1. The van der Waals surface area contributed by atoms with Crippen LogP contribution in [0.1, 0.15) is 15.9 Å². The fraction of sp³-hybridized carbons (Fsp3) is 0.105. The molecule has 0 unspecified atom stereocenters. The van der Waals surface area contributed by atoms with Crippen LogP contribution in [0.2, 0.25) is 0 Å². The third-order valence-corrected chi connectivity index (χ3v) is 5.18. The first-order chi connectivity index (χ1) is 13.4. The summed E-state index contributed by atoms with van der Waals surface area (Å²) in [6.07, 6.45) is 1.62. The maximum absolute atomic E-state index is 12.7. The number of methoxy groups -OCH3 is 2. The Hall–Kier alpha value is -3.04. The summed E-state index contributed by atoms with van der Waals surface area (Å²) in [7, 11) is 3.07. The number of ether oxygens (including phenoxy) is 2. The van der Waals surface area contributed by atoms with Crippen molar-refractivity contribution in [1.29, 1.82) is 0 Å². The maximum Gasteiger partial charge on any atom is 0.285 e. The number of carbonyl (C=O) groups excluding carboxylic acids is 2. The maximum atomic E-state index is 12.7. The minimum atomic E-state index is -0.644. The van der Waals surface area contributed by atoms with E-state index in [0.29, 0.717) is 22.0 Å². The van der Waals surface area contributed by atoms with Crippen LogP contribution in [0, 0.1) is 0 Å². The number of thioether (sulfide) groups is 1. The van der Waals surface area contributed by atoms with Gasteiger partial charge in [0.05, 0.1) is 24.7 Å². The number of benzene rings is 2. The minimum absolute atomic E-state index is 0.0370. The van der Waals surface area contributed by atoms with E-state index in [9.17, 15) is 14.7 Å². The summed E-state index contributed by atoms with van der Waals surface area (Å²) >= 11 is 6.26. The molecule has 0 saturated carbocycles. The van der Waals surface area contributed by atoms with E-state index in [4.69, 9.17) is 21.7 Å². The first-order valence-corrected chi connectivity index (χ1v) is 9.26. The summed E-state index contributed by atoms with van der Waals surface area (Å²) in [5, 5.41) is 10.8. The molecular weight excluding hydrogens is 400 g/mol. The smallest absolute Gasteiger partial charge is 0.285 e. The van der Waals surface area contributed by atoms with E-state index >= 15 is 0 Å². The van der Waals surface area contributed by atoms with Crippen molar-refractivity contribution in [3.8, 4) is 17.2 Å². The van der Waals surface area contributed by atoms with Gasteiger partial charge in [0.1, 0.15) is 17.2 Å². The molecule has 144 valence electrons. The molecule has 0 atom stereocenters. The van der Waals surface area contributed by atoms with E-state index < -0.39 is 11.8 Å². The molecule has 3 rings (SSSR count). The molecule has 0 bridgehead atoms. The number of nitrogens with zero attached hydrogens (tertiary/aromatic N) is 1. The van der Waals surface area contributed by atoms with Gasteiger partial charge < -0.3 is 14.6 Å². The predicted molar refractivity (Wildman–Crippen MR) is 110 cm³/mol. The topological polar surface area (TPSA) is 88.1 Å². The van der Waals surface area contributed by atoms with Crippen molar-refractivity contribution >= 4 is 46.2 Å². The molecule has 2 aromatic carbocycles. The van der Waals surface area contributed by atoms with E-state index in [1.54, 1.807) is 43.5 Å². The van der Waals surface area contributed by atoms with Crippen LogP contribution in [0.3, 0.4) is 0 Å². The average molecular weight is 416 g/mol. The quantitative estimate of drug-likeness (QED) is 0.572. The molecule has 2 aromatic rings. The van der Waals surface area contributed by atoms with Gasteiger partial charge in [-0.15, -0.1) is 0 Å². The largest absolute Gasteiger partial charge is 0.507 e. The van der Waals surface area contributed by atoms with Crippen LogP contribution >= 0.6 is 24.0 Å². The third-order valence-electron chi connectivity index (χ3n) is 3.88. The molecule has 1 aliphatic rings. The molecule has 0 spiro atoms. The summed E-state index contributed by atoms with van der Waals surface area (Å²) in [4.78, 5) is 25.4. The Morgan fingerprint density at radius 1 is 1.21 bits per heavy atom. The van der Waals surface area contributed by atoms with Crippen molar-refractivity contribution in [3.05, 3.63) is 58.5 Å². The normalized spacial score (nSPS) is 15.1. The molecule has 1 heterocycles. The minimum Gasteiger partial charge on any atom is -0.507 e. The molecule has 0 aliphatic carbocycles. The molecule has 7 nitrogen and oxygen atoms in total. The van der Waals surface area contributed by atoms with Crippen molar-refractivity contribution in [3.63, 3.8) is 0 Å². The predicted octanol–water partition coefficient (Wildman–Crippen LogP) is 2.96. The molecule has 0 aromatic heterocycles. The number of phenolic OH excluding ortho intramolecular Hbond substituents is 1. The van der Waals surface area contributed by atoms with Crippen LogP contribution in [-0.4, -0.2) is 40.5 Å². The molecule has 1 fully saturated rings. The fourth-order valence-electron chi connectivity index (χ4n) is 2.48. The average Bonchev–Trinajstić information content (AvgIpc) is 2.95. The number of nitrogens with one attached hydrogen (secondary N) is 1. The molecular formula is C19H16N2O5S2. The molecule has 2 N–H and O–H groups in total. The third kappa shape index (κ3) is 3.95. The second-order valence-corrected chi connectivity index (χ2v) is 7.26. The van der Waals surface area contributed by atoms with Gasteiger partial charge in [-0.3, -0.25) is 15.0 Å². The Balaban J connectivity index is 1.85. The highest BCUT2D eigenvalue weighted by Gasteiger charge is 2.34. The number of aromatic hydroxyl groups is 1. The van der Waals surface area contributed by atoms with Crippen LogP contribution in [0.15, 0.2) is 47.4 Å².